The number of methoxy groups -OCH3 is 1. The van der Waals surface area contributed by atoms with Crippen LogP contribution in [0.4, 0.5) is 0 Å². The van der Waals surface area contributed by atoms with Gasteiger partial charge in [-0.1, -0.05) is 25.8 Å². The van der Waals surface area contributed by atoms with Gasteiger partial charge in [0.15, 0.2) is 0 Å². The molecule has 0 saturated heterocycles. The highest BCUT2D eigenvalue weighted by Gasteiger charge is 2.25. The molecule has 0 spiro atoms. The van der Waals surface area contributed by atoms with Gasteiger partial charge >= 0.3 is 5.97 Å². The number of hydrogen-bond acceptors (Lipinski definition) is 3. The zero-order chi connectivity index (χ0) is 12.7. The van der Waals surface area contributed by atoms with E-state index in [1.165, 1.54) is 13.2 Å². The van der Waals surface area contributed by atoms with E-state index in [0.29, 0.717) is 0 Å². The van der Waals surface area contributed by atoms with Gasteiger partial charge in [-0.2, -0.15) is 0 Å². The van der Waals surface area contributed by atoms with Crippen molar-refractivity contribution in [2.24, 2.45) is 5.92 Å². The van der Waals surface area contributed by atoms with Crippen LogP contribution in [0.3, 0.4) is 0 Å². The highest BCUT2D eigenvalue weighted by Crippen LogP contribution is 2.09. The van der Waals surface area contributed by atoms with Crippen LogP contribution in [-0.2, 0) is 14.3 Å². The fourth-order valence-electron chi connectivity index (χ4n) is 1.25. The largest absolute Gasteiger partial charge is 0.467 e. The van der Waals surface area contributed by atoms with Gasteiger partial charge in [-0.15, -0.1) is 0 Å². The second kappa shape index (κ2) is 7.04. The molecular weight excluding hydrogens is 206 g/mol. The Labute approximate surface area is 97.1 Å². The van der Waals surface area contributed by atoms with Crippen LogP contribution < -0.4 is 5.32 Å². The number of esters is 1. The second-order valence-corrected chi connectivity index (χ2v) is 4.12. The zero-order valence-electron chi connectivity index (χ0n) is 10.7. The molecule has 1 N–H and O–H groups in total. The van der Waals surface area contributed by atoms with Gasteiger partial charge in [-0.05, 0) is 19.8 Å². The molecular formula is C12H21NO3. The highest BCUT2D eigenvalue weighted by atomic mass is 16.5. The molecule has 1 amide bonds. The van der Waals surface area contributed by atoms with Crippen molar-refractivity contribution in [3.05, 3.63) is 11.6 Å². The van der Waals surface area contributed by atoms with Crippen molar-refractivity contribution in [1.29, 1.82) is 0 Å². The SMILES string of the molecule is CC[C@@H](C)[C@H](NC(=O)C=C(C)C)C(=O)OC. The summed E-state index contributed by atoms with van der Waals surface area (Å²) >= 11 is 0. The van der Waals surface area contributed by atoms with Gasteiger partial charge in [0.05, 0.1) is 7.11 Å². The van der Waals surface area contributed by atoms with Gasteiger partial charge in [0, 0.05) is 6.08 Å². The average molecular weight is 227 g/mol. The van der Waals surface area contributed by atoms with Crippen LogP contribution in [0.5, 0.6) is 0 Å². The Morgan fingerprint density at radius 3 is 2.31 bits per heavy atom. The fraction of sp³-hybridized carbons (Fsp3) is 0.667. The van der Waals surface area contributed by atoms with Crippen molar-refractivity contribution >= 4 is 11.9 Å². The van der Waals surface area contributed by atoms with Crippen molar-refractivity contribution in [1.82, 2.24) is 5.32 Å². The van der Waals surface area contributed by atoms with E-state index in [0.717, 1.165) is 12.0 Å². The van der Waals surface area contributed by atoms with E-state index in [4.69, 9.17) is 0 Å². The number of rotatable bonds is 5. The normalized spacial score (nSPS) is 13.6. The van der Waals surface area contributed by atoms with Gasteiger partial charge in [0.1, 0.15) is 6.04 Å². The molecule has 0 aliphatic carbocycles. The molecule has 0 aromatic rings. The van der Waals surface area contributed by atoms with Gasteiger partial charge in [-0.25, -0.2) is 4.79 Å². The Kier molecular flexibility index (Phi) is 6.46. The highest BCUT2D eigenvalue weighted by molar-refractivity contribution is 5.91. The lowest BCUT2D eigenvalue weighted by Gasteiger charge is -2.21. The smallest absolute Gasteiger partial charge is 0.328 e. The quantitative estimate of drug-likeness (QED) is 0.574. The van der Waals surface area contributed by atoms with Gasteiger partial charge in [0.2, 0.25) is 5.91 Å². The Morgan fingerprint density at radius 2 is 1.94 bits per heavy atom. The minimum absolute atomic E-state index is 0.0574. The maximum absolute atomic E-state index is 11.5. The molecule has 0 saturated carbocycles. The first-order chi connectivity index (χ1) is 7.42. The standard InChI is InChI=1S/C12H21NO3/c1-6-9(4)11(12(15)16-5)13-10(14)7-8(2)3/h7,9,11H,6H2,1-5H3,(H,13,14)/t9-,11+/m1/s1. The van der Waals surface area contributed by atoms with Crippen molar-refractivity contribution in [3.8, 4) is 0 Å². The fourth-order valence-corrected chi connectivity index (χ4v) is 1.25. The first-order valence-electron chi connectivity index (χ1n) is 5.45. The lowest BCUT2D eigenvalue weighted by atomic mass is 9.99. The van der Waals surface area contributed by atoms with E-state index in [1.807, 2.05) is 27.7 Å². The number of amides is 1. The van der Waals surface area contributed by atoms with Crippen LogP contribution in [0.1, 0.15) is 34.1 Å². The van der Waals surface area contributed by atoms with E-state index < -0.39 is 12.0 Å². The number of ether oxygens (including phenoxy) is 1. The van der Waals surface area contributed by atoms with E-state index in [2.05, 4.69) is 10.1 Å². The average Bonchev–Trinajstić information content (AvgIpc) is 2.22. The molecule has 0 heterocycles. The first kappa shape index (κ1) is 14.7. The Bertz CT molecular complexity index is 280. The van der Waals surface area contributed by atoms with Crippen LogP contribution in [0.25, 0.3) is 0 Å². The van der Waals surface area contributed by atoms with Crippen molar-refractivity contribution in [3.63, 3.8) is 0 Å². The van der Waals surface area contributed by atoms with Gasteiger partial charge < -0.3 is 10.1 Å². The minimum atomic E-state index is -0.571. The summed E-state index contributed by atoms with van der Waals surface area (Å²) < 4.78 is 4.67. The Hall–Kier alpha value is -1.32. The Morgan fingerprint density at radius 1 is 1.38 bits per heavy atom. The number of allylic oxidation sites excluding steroid dienone is 1. The van der Waals surface area contributed by atoms with Gasteiger partial charge in [-0.3, -0.25) is 4.79 Å². The van der Waals surface area contributed by atoms with Crippen LogP contribution in [0.2, 0.25) is 0 Å². The molecule has 0 unspecified atom stereocenters. The molecule has 0 fully saturated rings. The third-order valence-electron chi connectivity index (χ3n) is 2.39. The molecule has 0 rings (SSSR count). The summed E-state index contributed by atoms with van der Waals surface area (Å²) in [5.74, 6) is -0.595. The predicted molar refractivity (Wildman–Crippen MR) is 62.8 cm³/mol. The molecule has 92 valence electrons. The summed E-state index contributed by atoms with van der Waals surface area (Å²) in [7, 11) is 1.32. The Balaban J connectivity index is 4.61. The van der Waals surface area contributed by atoms with Crippen LogP contribution in [0, 0.1) is 5.92 Å². The molecule has 0 aliphatic rings. The summed E-state index contributed by atoms with van der Waals surface area (Å²) in [4.78, 5) is 23.0. The van der Waals surface area contributed by atoms with Crippen LogP contribution in [-0.4, -0.2) is 25.0 Å². The molecule has 0 radical (unpaired) electrons. The summed E-state index contributed by atoms with van der Waals surface area (Å²) in [6, 6.07) is -0.571. The predicted octanol–water partition coefficient (Wildman–Crippen LogP) is 1.66. The molecule has 0 bridgehead atoms. The molecule has 16 heavy (non-hydrogen) atoms. The number of carbonyl (C=O) groups is 2. The molecule has 4 nitrogen and oxygen atoms in total. The molecule has 0 aliphatic heterocycles. The van der Waals surface area contributed by atoms with Gasteiger partial charge in [0.25, 0.3) is 0 Å². The molecule has 2 atom stereocenters. The summed E-state index contributed by atoms with van der Waals surface area (Å²) in [5.41, 5.74) is 0.894. The zero-order valence-corrected chi connectivity index (χ0v) is 10.7. The van der Waals surface area contributed by atoms with Crippen LogP contribution >= 0.6 is 0 Å². The number of hydrogen-bond donors (Lipinski definition) is 1. The molecule has 4 heteroatoms. The summed E-state index contributed by atoms with van der Waals surface area (Å²) in [5, 5.41) is 2.66. The number of carbonyl (C=O) groups excluding carboxylic acids is 2. The third-order valence-corrected chi connectivity index (χ3v) is 2.39. The van der Waals surface area contributed by atoms with E-state index >= 15 is 0 Å². The molecule has 0 aromatic carbocycles. The lowest BCUT2D eigenvalue weighted by Crippen LogP contribution is -2.45. The van der Waals surface area contributed by atoms with Crippen molar-refractivity contribution in [2.75, 3.05) is 7.11 Å². The summed E-state index contributed by atoms with van der Waals surface area (Å²) in [6.45, 7) is 7.53. The number of nitrogens with one attached hydrogen (secondary N) is 1. The maximum atomic E-state index is 11.5. The third kappa shape index (κ3) is 4.96. The first-order valence-corrected chi connectivity index (χ1v) is 5.45. The van der Waals surface area contributed by atoms with E-state index in [9.17, 15) is 9.59 Å². The van der Waals surface area contributed by atoms with E-state index in [1.54, 1.807) is 0 Å². The maximum Gasteiger partial charge on any atom is 0.328 e. The topological polar surface area (TPSA) is 55.4 Å². The monoisotopic (exact) mass is 227 g/mol. The minimum Gasteiger partial charge on any atom is -0.467 e. The lowest BCUT2D eigenvalue weighted by molar-refractivity contribution is -0.146. The van der Waals surface area contributed by atoms with Crippen molar-refractivity contribution in [2.45, 2.75) is 40.2 Å². The van der Waals surface area contributed by atoms with Crippen LogP contribution in [0.15, 0.2) is 11.6 Å². The summed E-state index contributed by atoms with van der Waals surface area (Å²) in [6.07, 6.45) is 2.27. The van der Waals surface area contributed by atoms with E-state index in [-0.39, 0.29) is 11.8 Å². The second-order valence-electron chi connectivity index (χ2n) is 4.12. The molecule has 0 aromatic heterocycles. The van der Waals surface area contributed by atoms with Crippen molar-refractivity contribution < 1.29 is 14.3 Å².